The predicted octanol–water partition coefficient (Wildman–Crippen LogP) is 1.74. The van der Waals surface area contributed by atoms with E-state index in [0.717, 1.165) is 37.5 Å². The molecule has 1 aliphatic heterocycles. The van der Waals surface area contributed by atoms with E-state index in [4.69, 9.17) is 10.5 Å². The van der Waals surface area contributed by atoms with Gasteiger partial charge in [-0.1, -0.05) is 13.0 Å². The molecule has 1 aromatic rings. The number of likely N-dealkylation sites (N-methyl/N-ethyl adjacent to an activating group) is 1. The fourth-order valence-electron chi connectivity index (χ4n) is 1.96. The summed E-state index contributed by atoms with van der Waals surface area (Å²) in [6.07, 6.45) is 1.44. The third-order valence-corrected chi connectivity index (χ3v) is 2.84. The number of benzene rings is 1. The van der Waals surface area contributed by atoms with Gasteiger partial charge in [-0.2, -0.15) is 0 Å². The van der Waals surface area contributed by atoms with E-state index in [1.807, 2.05) is 24.3 Å². The molecule has 0 bridgehead atoms. The van der Waals surface area contributed by atoms with Crippen LogP contribution in [0.25, 0.3) is 0 Å². The third kappa shape index (κ3) is 2.63. The second kappa shape index (κ2) is 4.53. The molecule has 1 saturated heterocycles. The Hall–Kier alpha value is -1.22. The number of rotatable bonds is 3. The van der Waals surface area contributed by atoms with Crippen molar-refractivity contribution in [2.45, 2.75) is 19.4 Å². The second-order valence-corrected chi connectivity index (χ2v) is 3.99. The lowest BCUT2D eigenvalue weighted by atomic mass is 10.3. The van der Waals surface area contributed by atoms with Crippen molar-refractivity contribution < 1.29 is 4.74 Å². The van der Waals surface area contributed by atoms with Gasteiger partial charge in [0.1, 0.15) is 11.9 Å². The van der Waals surface area contributed by atoms with Crippen LogP contribution in [0.1, 0.15) is 13.3 Å². The van der Waals surface area contributed by atoms with Crippen molar-refractivity contribution in [3.05, 3.63) is 24.3 Å². The molecule has 1 fully saturated rings. The number of ether oxygens (including phenoxy) is 1. The molecule has 1 aromatic carbocycles. The van der Waals surface area contributed by atoms with Crippen molar-refractivity contribution in [1.29, 1.82) is 0 Å². The number of nitrogen functional groups attached to an aromatic ring is 1. The van der Waals surface area contributed by atoms with Crippen molar-refractivity contribution in [1.82, 2.24) is 4.90 Å². The van der Waals surface area contributed by atoms with Crippen LogP contribution < -0.4 is 10.5 Å². The molecule has 82 valence electrons. The van der Waals surface area contributed by atoms with Gasteiger partial charge >= 0.3 is 0 Å². The molecule has 2 rings (SSSR count). The summed E-state index contributed by atoms with van der Waals surface area (Å²) in [4.78, 5) is 2.40. The fourth-order valence-corrected chi connectivity index (χ4v) is 1.96. The highest BCUT2D eigenvalue weighted by molar-refractivity contribution is 5.43. The minimum absolute atomic E-state index is 0.326. The van der Waals surface area contributed by atoms with Gasteiger partial charge in [-0.15, -0.1) is 0 Å². The minimum atomic E-state index is 0.326. The van der Waals surface area contributed by atoms with Crippen LogP contribution in [0.15, 0.2) is 24.3 Å². The Morgan fingerprint density at radius 1 is 1.53 bits per heavy atom. The second-order valence-electron chi connectivity index (χ2n) is 3.99. The monoisotopic (exact) mass is 206 g/mol. The summed E-state index contributed by atoms with van der Waals surface area (Å²) < 4.78 is 5.87. The molecule has 0 spiro atoms. The van der Waals surface area contributed by atoms with Crippen LogP contribution >= 0.6 is 0 Å². The minimum Gasteiger partial charge on any atom is -0.489 e. The first kappa shape index (κ1) is 10.3. The highest BCUT2D eigenvalue weighted by Gasteiger charge is 2.22. The zero-order chi connectivity index (χ0) is 10.7. The zero-order valence-corrected chi connectivity index (χ0v) is 9.15. The van der Waals surface area contributed by atoms with E-state index in [0.29, 0.717) is 6.10 Å². The first-order chi connectivity index (χ1) is 7.28. The number of hydrogen-bond acceptors (Lipinski definition) is 3. The van der Waals surface area contributed by atoms with Gasteiger partial charge < -0.3 is 10.5 Å². The molecule has 1 atom stereocenters. The molecule has 3 heteroatoms. The van der Waals surface area contributed by atoms with E-state index in [-0.39, 0.29) is 0 Å². The van der Waals surface area contributed by atoms with Crippen molar-refractivity contribution in [2.75, 3.05) is 25.4 Å². The van der Waals surface area contributed by atoms with Gasteiger partial charge in [0.05, 0.1) is 0 Å². The van der Waals surface area contributed by atoms with Crippen LogP contribution in [0.3, 0.4) is 0 Å². The van der Waals surface area contributed by atoms with E-state index in [1.165, 1.54) is 0 Å². The fraction of sp³-hybridized carbons (Fsp3) is 0.500. The average molecular weight is 206 g/mol. The molecule has 0 radical (unpaired) electrons. The van der Waals surface area contributed by atoms with Crippen LogP contribution in [0.5, 0.6) is 5.75 Å². The van der Waals surface area contributed by atoms with Crippen LogP contribution in [0, 0.1) is 0 Å². The quantitative estimate of drug-likeness (QED) is 0.766. The van der Waals surface area contributed by atoms with Gasteiger partial charge in [0.15, 0.2) is 0 Å². The van der Waals surface area contributed by atoms with E-state index in [9.17, 15) is 0 Å². The molecule has 0 saturated carbocycles. The first-order valence-corrected chi connectivity index (χ1v) is 5.52. The Bertz CT molecular complexity index is 327. The maximum Gasteiger partial charge on any atom is 0.121 e. The molecule has 1 heterocycles. The summed E-state index contributed by atoms with van der Waals surface area (Å²) in [6.45, 7) is 5.47. The zero-order valence-electron chi connectivity index (χ0n) is 9.15. The Morgan fingerprint density at radius 2 is 2.40 bits per heavy atom. The third-order valence-electron chi connectivity index (χ3n) is 2.84. The van der Waals surface area contributed by atoms with E-state index in [1.54, 1.807) is 0 Å². The summed E-state index contributed by atoms with van der Waals surface area (Å²) >= 11 is 0. The topological polar surface area (TPSA) is 38.5 Å². The summed E-state index contributed by atoms with van der Waals surface area (Å²) in [5.41, 5.74) is 6.46. The van der Waals surface area contributed by atoms with Gasteiger partial charge in [-0.05, 0) is 25.1 Å². The summed E-state index contributed by atoms with van der Waals surface area (Å²) in [5, 5.41) is 0. The molecule has 1 aliphatic rings. The normalized spacial score (nSPS) is 21.8. The highest BCUT2D eigenvalue weighted by Crippen LogP contribution is 2.20. The molecule has 15 heavy (non-hydrogen) atoms. The van der Waals surface area contributed by atoms with Gasteiger partial charge in [0, 0.05) is 24.8 Å². The number of anilines is 1. The molecule has 2 N–H and O–H groups in total. The van der Waals surface area contributed by atoms with Crippen molar-refractivity contribution in [3.63, 3.8) is 0 Å². The summed E-state index contributed by atoms with van der Waals surface area (Å²) in [7, 11) is 0. The maximum atomic E-state index is 5.87. The lowest BCUT2D eigenvalue weighted by molar-refractivity contribution is 0.202. The average Bonchev–Trinajstić information content (AvgIpc) is 2.65. The molecule has 0 aromatic heterocycles. The molecule has 3 nitrogen and oxygen atoms in total. The number of nitrogens with zero attached hydrogens (tertiary/aromatic N) is 1. The van der Waals surface area contributed by atoms with Crippen molar-refractivity contribution in [2.24, 2.45) is 0 Å². The van der Waals surface area contributed by atoms with Crippen molar-refractivity contribution >= 4 is 5.69 Å². The molecule has 0 aliphatic carbocycles. The largest absolute Gasteiger partial charge is 0.489 e. The lowest BCUT2D eigenvalue weighted by Gasteiger charge is -2.15. The lowest BCUT2D eigenvalue weighted by Crippen LogP contribution is -2.24. The molecule has 1 unspecified atom stereocenters. The van der Waals surface area contributed by atoms with Crippen molar-refractivity contribution in [3.8, 4) is 5.75 Å². The maximum absolute atomic E-state index is 5.87. The Balaban J connectivity index is 1.92. The highest BCUT2D eigenvalue weighted by atomic mass is 16.5. The first-order valence-electron chi connectivity index (χ1n) is 5.52. The summed E-state index contributed by atoms with van der Waals surface area (Å²) in [6, 6.07) is 7.65. The number of likely N-dealkylation sites (tertiary alicyclic amines) is 1. The van der Waals surface area contributed by atoms with Crippen LogP contribution in [0.2, 0.25) is 0 Å². The Kier molecular flexibility index (Phi) is 3.11. The van der Waals surface area contributed by atoms with Gasteiger partial charge in [0.2, 0.25) is 0 Å². The van der Waals surface area contributed by atoms with E-state index < -0.39 is 0 Å². The van der Waals surface area contributed by atoms with Crippen LogP contribution in [-0.4, -0.2) is 30.6 Å². The van der Waals surface area contributed by atoms with E-state index in [2.05, 4.69) is 11.8 Å². The number of hydrogen-bond donors (Lipinski definition) is 1. The van der Waals surface area contributed by atoms with E-state index >= 15 is 0 Å². The Labute approximate surface area is 90.8 Å². The summed E-state index contributed by atoms with van der Waals surface area (Å²) in [5.74, 6) is 0.887. The SMILES string of the molecule is CCN1CCC(Oc2cccc(N)c2)C1. The molecule has 0 amide bonds. The Morgan fingerprint density at radius 3 is 3.07 bits per heavy atom. The van der Waals surface area contributed by atoms with Crippen LogP contribution in [0.4, 0.5) is 5.69 Å². The molecular formula is C12H18N2O. The standard InChI is InChI=1S/C12H18N2O/c1-2-14-7-6-12(9-14)15-11-5-3-4-10(13)8-11/h3-5,8,12H,2,6-7,9,13H2,1H3. The smallest absolute Gasteiger partial charge is 0.121 e. The number of nitrogens with two attached hydrogens (primary N) is 1. The van der Waals surface area contributed by atoms with Gasteiger partial charge in [-0.3, -0.25) is 4.90 Å². The molecular weight excluding hydrogens is 188 g/mol. The predicted molar refractivity (Wildman–Crippen MR) is 62.0 cm³/mol. The van der Waals surface area contributed by atoms with Gasteiger partial charge in [0.25, 0.3) is 0 Å². The van der Waals surface area contributed by atoms with Gasteiger partial charge in [-0.25, -0.2) is 0 Å². The van der Waals surface area contributed by atoms with Crippen LogP contribution in [-0.2, 0) is 0 Å².